The molecule has 0 saturated carbocycles. The van der Waals surface area contributed by atoms with Gasteiger partial charge in [0.1, 0.15) is 0 Å². The third-order valence-electron chi connectivity index (χ3n) is 4.19. The molecule has 1 aromatic carbocycles. The Morgan fingerprint density at radius 3 is 2.48 bits per heavy atom. The summed E-state index contributed by atoms with van der Waals surface area (Å²) >= 11 is 5.17. The first-order valence-corrected chi connectivity index (χ1v) is 8.86. The van der Waals surface area contributed by atoms with Crippen LogP contribution >= 0.6 is 12.2 Å². The summed E-state index contributed by atoms with van der Waals surface area (Å²) in [4.78, 5) is 32.8. The molecule has 25 heavy (non-hydrogen) atoms. The minimum Gasteiger partial charge on any atom is -0.302 e. The van der Waals surface area contributed by atoms with Crippen LogP contribution in [-0.2, 0) is 9.59 Å². The van der Waals surface area contributed by atoms with Gasteiger partial charge < -0.3 is 10.2 Å². The molecule has 2 rings (SSSR count). The molecule has 134 valence electrons. The summed E-state index contributed by atoms with van der Waals surface area (Å²) in [6.45, 7) is 9.39. The summed E-state index contributed by atoms with van der Waals surface area (Å²) in [5.41, 5.74) is 1.72. The Labute approximate surface area is 153 Å². The first kappa shape index (κ1) is 19.2. The average Bonchev–Trinajstić information content (AvgIpc) is 2.59. The van der Waals surface area contributed by atoms with Crippen LogP contribution in [0.2, 0.25) is 0 Å². The van der Waals surface area contributed by atoms with Gasteiger partial charge in [-0.3, -0.25) is 19.5 Å². The Kier molecular flexibility index (Phi) is 6.78. The molecule has 2 amide bonds. The van der Waals surface area contributed by atoms with E-state index in [1.54, 1.807) is 0 Å². The highest BCUT2D eigenvalue weighted by molar-refractivity contribution is 7.80. The van der Waals surface area contributed by atoms with Crippen molar-refractivity contribution in [3.8, 4) is 0 Å². The maximum atomic E-state index is 12.7. The topological polar surface area (TPSA) is 65.0 Å². The van der Waals surface area contributed by atoms with E-state index < -0.39 is 11.8 Å². The van der Waals surface area contributed by atoms with Gasteiger partial charge in [0.15, 0.2) is 11.0 Å². The Morgan fingerprint density at radius 2 is 1.88 bits per heavy atom. The van der Waals surface area contributed by atoms with Crippen LogP contribution in [0.4, 0.5) is 5.69 Å². The molecule has 7 heteroatoms. The fourth-order valence-corrected chi connectivity index (χ4v) is 2.88. The molecule has 1 N–H and O–H groups in total. The van der Waals surface area contributed by atoms with E-state index in [0.29, 0.717) is 12.2 Å². The maximum absolute atomic E-state index is 12.7. The van der Waals surface area contributed by atoms with Crippen LogP contribution in [0.3, 0.4) is 0 Å². The standard InChI is InChI=1S/C18H24N4O2S/c1-4-21(5-2)11-10-19-12-15-16(23)20-18(25)22(17(15)24)14-8-6-13(3)7-9-14/h6-9,12,15H,4-5,10-11H2,1-3H3,(H,20,23,25). The van der Waals surface area contributed by atoms with E-state index in [1.165, 1.54) is 11.1 Å². The first-order valence-electron chi connectivity index (χ1n) is 8.45. The van der Waals surface area contributed by atoms with Gasteiger partial charge in [-0.25, -0.2) is 0 Å². The smallest absolute Gasteiger partial charge is 0.251 e. The molecule has 1 saturated heterocycles. The van der Waals surface area contributed by atoms with Crippen LogP contribution in [0.5, 0.6) is 0 Å². The SMILES string of the molecule is CCN(CC)CCN=CC1C(=O)NC(=S)N(c2ccc(C)cc2)C1=O. The lowest BCUT2D eigenvalue weighted by Gasteiger charge is -2.31. The monoisotopic (exact) mass is 360 g/mol. The lowest BCUT2D eigenvalue weighted by molar-refractivity contribution is -0.130. The van der Waals surface area contributed by atoms with Gasteiger partial charge in [-0.1, -0.05) is 31.5 Å². The van der Waals surface area contributed by atoms with Crippen molar-refractivity contribution in [2.45, 2.75) is 20.8 Å². The van der Waals surface area contributed by atoms with Crippen LogP contribution in [0, 0.1) is 12.8 Å². The van der Waals surface area contributed by atoms with Crippen molar-refractivity contribution < 1.29 is 9.59 Å². The third kappa shape index (κ3) is 4.70. The van der Waals surface area contributed by atoms with Crippen molar-refractivity contribution >= 4 is 41.0 Å². The molecule has 1 unspecified atom stereocenters. The molecule has 1 aliphatic heterocycles. The van der Waals surface area contributed by atoms with Crippen LogP contribution < -0.4 is 10.2 Å². The zero-order valence-corrected chi connectivity index (χ0v) is 15.7. The number of rotatable bonds is 7. The highest BCUT2D eigenvalue weighted by atomic mass is 32.1. The Hall–Kier alpha value is -2.12. The maximum Gasteiger partial charge on any atom is 0.251 e. The van der Waals surface area contributed by atoms with E-state index >= 15 is 0 Å². The number of nitrogens with one attached hydrogen (secondary N) is 1. The van der Waals surface area contributed by atoms with E-state index in [4.69, 9.17) is 12.2 Å². The summed E-state index contributed by atoms with van der Waals surface area (Å²) in [6, 6.07) is 7.42. The Morgan fingerprint density at radius 1 is 1.24 bits per heavy atom. The van der Waals surface area contributed by atoms with Crippen LogP contribution in [-0.4, -0.2) is 54.2 Å². The minimum absolute atomic E-state index is 0.103. The molecule has 6 nitrogen and oxygen atoms in total. The number of carbonyl (C=O) groups is 2. The number of hydrogen-bond acceptors (Lipinski definition) is 5. The molecule has 1 heterocycles. The van der Waals surface area contributed by atoms with Gasteiger partial charge in [0.05, 0.1) is 12.2 Å². The van der Waals surface area contributed by atoms with Crippen molar-refractivity contribution in [1.29, 1.82) is 0 Å². The molecule has 0 radical (unpaired) electrons. The van der Waals surface area contributed by atoms with Gasteiger partial charge in [0.2, 0.25) is 5.91 Å². The second-order valence-electron chi connectivity index (χ2n) is 5.86. The fourth-order valence-electron chi connectivity index (χ4n) is 2.58. The summed E-state index contributed by atoms with van der Waals surface area (Å²) in [5.74, 6) is -1.75. The predicted molar refractivity (Wildman–Crippen MR) is 104 cm³/mol. The zero-order valence-electron chi connectivity index (χ0n) is 14.9. The number of nitrogens with zero attached hydrogens (tertiary/aromatic N) is 3. The molecular weight excluding hydrogens is 336 g/mol. The predicted octanol–water partition coefficient (Wildman–Crippen LogP) is 1.77. The number of likely N-dealkylation sites (N-methyl/N-ethyl adjacent to an activating group) is 1. The first-order chi connectivity index (χ1) is 12.0. The summed E-state index contributed by atoms with van der Waals surface area (Å²) in [5, 5.41) is 2.69. The molecule has 0 bridgehead atoms. The van der Waals surface area contributed by atoms with E-state index in [1.807, 2.05) is 31.2 Å². The molecular formula is C18H24N4O2S. The number of anilines is 1. The summed E-state index contributed by atoms with van der Waals surface area (Å²) < 4.78 is 0. The van der Waals surface area contributed by atoms with Crippen molar-refractivity contribution in [2.24, 2.45) is 10.9 Å². The minimum atomic E-state index is -0.954. The van der Waals surface area contributed by atoms with Crippen molar-refractivity contribution in [2.75, 3.05) is 31.1 Å². The van der Waals surface area contributed by atoms with Gasteiger partial charge in [-0.15, -0.1) is 0 Å². The van der Waals surface area contributed by atoms with Crippen molar-refractivity contribution in [1.82, 2.24) is 10.2 Å². The number of aliphatic imine (C=N–C) groups is 1. The van der Waals surface area contributed by atoms with E-state index in [0.717, 1.165) is 25.2 Å². The molecule has 0 aliphatic carbocycles. The molecule has 1 aliphatic rings. The second kappa shape index (κ2) is 8.82. The molecule has 0 aromatic heterocycles. The van der Waals surface area contributed by atoms with Crippen molar-refractivity contribution in [3.63, 3.8) is 0 Å². The molecule has 1 fully saturated rings. The van der Waals surface area contributed by atoms with Gasteiger partial charge in [0.25, 0.3) is 5.91 Å². The van der Waals surface area contributed by atoms with E-state index in [2.05, 4.69) is 29.1 Å². The normalized spacial score (nSPS) is 18.3. The molecule has 1 aromatic rings. The fraction of sp³-hybridized carbons (Fsp3) is 0.444. The average molecular weight is 360 g/mol. The largest absolute Gasteiger partial charge is 0.302 e. The summed E-state index contributed by atoms with van der Waals surface area (Å²) in [7, 11) is 0. The number of aryl methyl sites for hydroxylation is 1. The van der Waals surface area contributed by atoms with Crippen LogP contribution in [0.1, 0.15) is 19.4 Å². The number of carbonyl (C=O) groups excluding carboxylic acids is 2. The number of hydrogen-bond donors (Lipinski definition) is 1. The number of thiocarbonyl (C=S) groups is 1. The van der Waals surface area contributed by atoms with Gasteiger partial charge >= 0.3 is 0 Å². The quantitative estimate of drug-likeness (QED) is 0.457. The Balaban J connectivity index is 2.10. The Bertz CT molecular complexity index is 668. The molecule has 1 atom stereocenters. The highest BCUT2D eigenvalue weighted by Crippen LogP contribution is 2.20. The second-order valence-corrected chi connectivity index (χ2v) is 6.25. The highest BCUT2D eigenvalue weighted by Gasteiger charge is 2.38. The lowest BCUT2D eigenvalue weighted by Crippen LogP contribution is -2.58. The van der Waals surface area contributed by atoms with Gasteiger partial charge in [0, 0.05) is 12.8 Å². The zero-order chi connectivity index (χ0) is 18.4. The number of amides is 2. The third-order valence-corrected chi connectivity index (χ3v) is 4.47. The van der Waals surface area contributed by atoms with Crippen LogP contribution in [0.25, 0.3) is 0 Å². The van der Waals surface area contributed by atoms with E-state index in [-0.39, 0.29) is 11.0 Å². The van der Waals surface area contributed by atoms with Gasteiger partial charge in [-0.05, 0) is 44.4 Å². The molecule has 0 spiro atoms. The van der Waals surface area contributed by atoms with E-state index in [9.17, 15) is 9.59 Å². The lowest BCUT2D eigenvalue weighted by atomic mass is 10.1. The summed E-state index contributed by atoms with van der Waals surface area (Å²) in [6.07, 6.45) is 1.43. The van der Waals surface area contributed by atoms with Gasteiger partial charge in [-0.2, -0.15) is 0 Å². The van der Waals surface area contributed by atoms with Crippen molar-refractivity contribution in [3.05, 3.63) is 29.8 Å². The number of benzene rings is 1. The van der Waals surface area contributed by atoms with Crippen LogP contribution in [0.15, 0.2) is 29.3 Å².